The molecule has 1 fully saturated rings. The topological polar surface area (TPSA) is 71.1 Å². The maximum Gasteiger partial charge on any atom is 0.267 e. The molecule has 0 saturated carbocycles. The molecule has 0 aromatic heterocycles. The molecule has 7 heteroatoms. The zero-order valence-electron chi connectivity index (χ0n) is 18.8. The number of amides is 2. The van der Waals surface area contributed by atoms with Crippen molar-refractivity contribution in [3.05, 3.63) is 59.7 Å². The largest absolute Gasteiger partial charge is 0.485 e. The smallest absolute Gasteiger partial charge is 0.267 e. The highest BCUT2D eigenvalue weighted by Gasteiger charge is 2.33. The molecule has 1 saturated heterocycles. The van der Waals surface area contributed by atoms with Gasteiger partial charge in [0.2, 0.25) is 12.0 Å². The summed E-state index contributed by atoms with van der Waals surface area (Å²) >= 11 is 0. The lowest BCUT2D eigenvalue weighted by atomic mass is 10.1. The van der Waals surface area contributed by atoms with Crippen molar-refractivity contribution in [3.8, 4) is 11.5 Å². The standard InChI is InChI=1S/C25H31N3O4/c1-3-19-8-10-20(11-9-19)18(2)26-24(29)16-27-12-14-28(15-13-27)25(30)23-17-31-21-6-4-5-7-22(21)32-23/h4-11,18,23H,3,12-17H2,1-2H3,(H,26,29). The van der Waals surface area contributed by atoms with Crippen LogP contribution in [-0.4, -0.2) is 67.0 Å². The van der Waals surface area contributed by atoms with Crippen LogP contribution in [0.5, 0.6) is 11.5 Å². The molecular formula is C25H31N3O4. The average molecular weight is 438 g/mol. The SMILES string of the molecule is CCc1ccc(C(C)NC(=O)CN2CCN(C(=O)C3COc4ccccc4O3)CC2)cc1. The normalized spacial score (nSPS) is 19.3. The summed E-state index contributed by atoms with van der Waals surface area (Å²) in [6.45, 7) is 7.13. The second kappa shape index (κ2) is 10.0. The molecule has 1 N–H and O–H groups in total. The van der Waals surface area contributed by atoms with E-state index in [9.17, 15) is 9.59 Å². The second-order valence-corrected chi connectivity index (χ2v) is 8.35. The average Bonchev–Trinajstić information content (AvgIpc) is 2.83. The van der Waals surface area contributed by atoms with Crippen LogP contribution in [0.15, 0.2) is 48.5 Å². The Kier molecular flexibility index (Phi) is 6.95. The molecule has 0 aliphatic carbocycles. The molecule has 2 amide bonds. The van der Waals surface area contributed by atoms with Crippen molar-refractivity contribution in [1.82, 2.24) is 15.1 Å². The van der Waals surface area contributed by atoms with Crippen LogP contribution in [-0.2, 0) is 16.0 Å². The number of nitrogens with zero attached hydrogens (tertiary/aromatic N) is 2. The number of nitrogens with one attached hydrogen (secondary N) is 1. The van der Waals surface area contributed by atoms with Crippen LogP contribution in [0.4, 0.5) is 0 Å². The number of benzene rings is 2. The summed E-state index contributed by atoms with van der Waals surface area (Å²) in [5, 5.41) is 3.08. The fourth-order valence-electron chi connectivity index (χ4n) is 4.09. The highest BCUT2D eigenvalue weighted by Crippen LogP contribution is 2.31. The van der Waals surface area contributed by atoms with Gasteiger partial charge in [-0.25, -0.2) is 0 Å². The minimum Gasteiger partial charge on any atom is -0.485 e. The summed E-state index contributed by atoms with van der Waals surface area (Å²) in [6.07, 6.45) is 0.377. The van der Waals surface area contributed by atoms with Crippen molar-refractivity contribution in [1.29, 1.82) is 0 Å². The van der Waals surface area contributed by atoms with Crippen molar-refractivity contribution < 1.29 is 19.1 Å². The number of carbonyl (C=O) groups is 2. The summed E-state index contributed by atoms with van der Waals surface area (Å²) in [5.41, 5.74) is 2.39. The quantitative estimate of drug-likeness (QED) is 0.752. The van der Waals surface area contributed by atoms with Gasteiger partial charge in [-0.2, -0.15) is 0 Å². The summed E-state index contributed by atoms with van der Waals surface area (Å²) in [5.74, 6) is 1.21. The molecular weight excluding hydrogens is 406 g/mol. The van der Waals surface area contributed by atoms with Gasteiger partial charge in [-0.05, 0) is 36.6 Å². The van der Waals surface area contributed by atoms with Crippen molar-refractivity contribution in [2.24, 2.45) is 0 Å². The maximum absolute atomic E-state index is 12.9. The van der Waals surface area contributed by atoms with Crippen LogP contribution in [0.1, 0.15) is 31.0 Å². The number of carbonyl (C=O) groups excluding carboxylic acids is 2. The van der Waals surface area contributed by atoms with E-state index in [0.717, 1.165) is 12.0 Å². The number of hydrogen-bond donors (Lipinski definition) is 1. The number of fused-ring (bicyclic) bond motifs is 1. The third-order valence-electron chi connectivity index (χ3n) is 6.10. The van der Waals surface area contributed by atoms with Gasteiger partial charge in [0.15, 0.2) is 11.5 Å². The zero-order valence-corrected chi connectivity index (χ0v) is 18.8. The molecule has 2 aromatic carbocycles. The van der Waals surface area contributed by atoms with Gasteiger partial charge in [-0.15, -0.1) is 0 Å². The fraction of sp³-hybridized carbons (Fsp3) is 0.440. The maximum atomic E-state index is 12.9. The minimum absolute atomic E-state index is 0.00235. The molecule has 7 nitrogen and oxygen atoms in total. The van der Waals surface area contributed by atoms with Crippen LogP contribution < -0.4 is 14.8 Å². The van der Waals surface area contributed by atoms with Gasteiger partial charge in [0.05, 0.1) is 12.6 Å². The minimum atomic E-state index is -0.625. The summed E-state index contributed by atoms with van der Waals surface area (Å²) < 4.78 is 11.5. The van der Waals surface area contributed by atoms with E-state index in [4.69, 9.17) is 9.47 Å². The van der Waals surface area contributed by atoms with Gasteiger partial charge in [0, 0.05) is 26.2 Å². The van der Waals surface area contributed by atoms with Gasteiger partial charge < -0.3 is 19.7 Å². The van der Waals surface area contributed by atoms with Gasteiger partial charge >= 0.3 is 0 Å². The van der Waals surface area contributed by atoms with E-state index >= 15 is 0 Å². The zero-order chi connectivity index (χ0) is 22.5. The van der Waals surface area contributed by atoms with E-state index in [-0.39, 0.29) is 24.5 Å². The van der Waals surface area contributed by atoms with Gasteiger partial charge in [-0.1, -0.05) is 43.3 Å². The number of para-hydroxylation sites is 2. The fourth-order valence-corrected chi connectivity index (χ4v) is 4.09. The van der Waals surface area contributed by atoms with Crippen LogP contribution >= 0.6 is 0 Å². The Morgan fingerprint density at radius 2 is 1.72 bits per heavy atom. The van der Waals surface area contributed by atoms with Crippen molar-refractivity contribution in [2.45, 2.75) is 32.4 Å². The highest BCUT2D eigenvalue weighted by atomic mass is 16.6. The van der Waals surface area contributed by atoms with Crippen LogP contribution in [0.25, 0.3) is 0 Å². The summed E-state index contributed by atoms with van der Waals surface area (Å²) in [4.78, 5) is 29.3. The van der Waals surface area contributed by atoms with Crippen LogP contribution in [0, 0.1) is 0 Å². The molecule has 32 heavy (non-hydrogen) atoms. The second-order valence-electron chi connectivity index (χ2n) is 8.35. The van der Waals surface area contributed by atoms with E-state index in [0.29, 0.717) is 44.2 Å². The van der Waals surface area contributed by atoms with Crippen molar-refractivity contribution in [3.63, 3.8) is 0 Å². The summed E-state index contributed by atoms with van der Waals surface area (Å²) in [6, 6.07) is 15.7. The molecule has 2 aromatic rings. The third-order valence-corrected chi connectivity index (χ3v) is 6.10. The molecule has 2 unspecified atom stereocenters. The molecule has 2 aliphatic heterocycles. The van der Waals surface area contributed by atoms with Gasteiger partial charge in [0.25, 0.3) is 5.91 Å². The predicted octanol–water partition coefficient (Wildman–Crippen LogP) is 2.41. The Balaban J connectivity index is 1.22. The van der Waals surface area contributed by atoms with E-state index in [1.54, 1.807) is 4.90 Å². The number of aryl methyl sites for hydroxylation is 1. The molecule has 2 atom stereocenters. The highest BCUT2D eigenvalue weighted by molar-refractivity contribution is 5.82. The first-order chi connectivity index (χ1) is 15.5. The molecule has 0 spiro atoms. The number of piperazine rings is 1. The van der Waals surface area contributed by atoms with E-state index in [1.807, 2.05) is 31.2 Å². The van der Waals surface area contributed by atoms with E-state index in [2.05, 4.69) is 41.4 Å². The van der Waals surface area contributed by atoms with Crippen molar-refractivity contribution >= 4 is 11.8 Å². The van der Waals surface area contributed by atoms with Crippen LogP contribution in [0.2, 0.25) is 0 Å². The Hall–Kier alpha value is -3.06. The van der Waals surface area contributed by atoms with Gasteiger partial charge in [-0.3, -0.25) is 14.5 Å². The first-order valence-electron chi connectivity index (χ1n) is 11.3. The van der Waals surface area contributed by atoms with E-state index in [1.165, 1.54) is 5.56 Å². The number of ether oxygens (including phenoxy) is 2. The molecule has 2 heterocycles. The Morgan fingerprint density at radius 3 is 2.41 bits per heavy atom. The Bertz CT molecular complexity index is 938. The lowest BCUT2D eigenvalue weighted by Gasteiger charge is -2.37. The number of rotatable bonds is 6. The van der Waals surface area contributed by atoms with Gasteiger partial charge in [0.1, 0.15) is 6.61 Å². The van der Waals surface area contributed by atoms with E-state index < -0.39 is 6.10 Å². The molecule has 0 radical (unpaired) electrons. The predicted molar refractivity (Wildman–Crippen MR) is 122 cm³/mol. The number of hydrogen-bond acceptors (Lipinski definition) is 5. The molecule has 4 rings (SSSR count). The third kappa shape index (κ3) is 5.22. The Morgan fingerprint density at radius 1 is 1.03 bits per heavy atom. The Labute approximate surface area is 189 Å². The lowest BCUT2D eigenvalue weighted by Crippen LogP contribution is -2.55. The van der Waals surface area contributed by atoms with Crippen LogP contribution in [0.3, 0.4) is 0 Å². The first kappa shape index (κ1) is 22.1. The monoisotopic (exact) mass is 437 g/mol. The molecule has 2 aliphatic rings. The summed E-state index contributed by atoms with van der Waals surface area (Å²) in [7, 11) is 0. The first-order valence-corrected chi connectivity index (χ1v) is 11.3. The lowest BCUT2D eigenvalue weighted by molar-refractivity contribution is -0.143. The molecule has 0 bridgehead atoms. The van der Waals surface area contributed by atoms with Crippen molar-refractivity contribution in [2.75, 3.05) is 39.3 Å². The molecule has 170 valence electrons.